The molecule has 0 aromatic carbocycles. The summed E-state index contributed by atoms with van der Waals surface area (Å²) in [5, 5.41) is 2.72. The van der Waals surface area contributed by atoms with Gasteiger partial charge in [-0.15, -0.1) is 0 Å². The fourth-order valence-corrected chi connectivity index (χ4v) is 2.46. The Balaban J connectivity index is 2.42. The molecule has 1 heterocycles. The molecular formula is C14H23N3O4. The third kappa shape index (κ3) is 5.17. The predicted molar refractivity (Wildman–Crippen MR) is 76.0 cm³/mol. The van der Waals surface area contributed by atoms with E-state index in [0.717, 1.165) is 0 Å². The zero-order valence-corrected chi connectivity index (χ0v) is 12.6. The zero-order chi connectivity index (χ0) is 16.0. The number of amides is 3. The Morgan fingerprint density at radius 1 is 1.38 bits per heavy atom. The molecule has 7 heteroatoms. The number of nitrogens with one attached hydrogen (secondary N) is 1. The van der Waals surface area contributed by atoms with Crippen molar-refractivity contribution in [3.05, 3.63) is 0 Å². The van der Waals surface area contributed by atoms with Crippen molar-refractivity contribution in [2.75, 3.05) is 13.1 Å². The van der Waals surface area contributed by atoms with E-state index < -0.39 is 11.9 Å². The molecule has 3 amide bonds. The maximum absolute atomic E-state index is 11.9. The van der Waals surface area contributed by atoms with Crippen molar-refractivity contribution in [2.45, 2.75) is 45.6 Å². The number of hydrogen-bond acceptors (Lipinski definition) is 4. The van der Waals surface area contributed by atoms with Gasteiger partial charge in [0.1, 0.15) is 11.8 Å². The summed E-state index contributed by atoms with van der Waals surface area (Å²) in [7, 11) is 0. The molecule has 1 saturated heterocycles. The van der Waals surface area contributed by atoms with Crippen LogP contribution in [0.4, 0.5) is 0 Å². The summed E-state index contributed by atoms with van der Waals surface area (Å²) in [5.74, 6) is -0.856. The minimum atomic E-state index is -0.573. The maximum Gasteiger partial charge on any atom is 0.240 e. The lowest BCUT2D eigenvalue weighted by atomic mass is 10.1. The van der Waals surface area contributed by atoms with Crippen LogP contribution in [0.3, 0.4) is 0 Å². The molecule has 0 bridgehead atoms. The monoisotopic (exact) mass is 297 g/mol. The average molecular weight is 297 g/mol. The van der Waals surface area contributed by atoms with Crippen LogP contribution in [0.5, 0.6) is 0 Å². The Labute approximate surface area is 124 Å². The molecule has 118 valence electrons. The number of carbonyl (C=O) groups excluding carboxylic acids is 4. The number of rotatable bonds is 8. The summed E-state index contributed by atoms with van der Waals surface area (Å²) in [5.41, 5.74) is 5.29. The van der Waals surface area contributed by atoms with Gasteiger partial charge in [0.15, 0.2) is 0 Å². The lowest BCUT2D eigenvalue weighted by Crippen LogP contribution is -2.45. The van der Waals surface area contributed by atoms with Gasteiger partial charge in [-0.2, -0.15) is 0 Å². The van der Waals surface area contributed by atoms with Gasteiger partial charge in [0.25, 0.3) is 0 Å². The summed E-state index contributed by atoms with van der Waals surface area (Å²) in [4.78, 5) is 47.0. The third-order valence-electron chi connectivity index (χ3n) is 3.62. The van der Waals surface area contributed by atoms with Gasteiger partial charge < -0.3 is 20.7 Å². The molecule has 1 aliphatic rings. The number of nitrogens with two attached hydrogens (primary N) is 1. The Morgan fingerprint density at radius 3 is 2.57 bits per heavy atom. The van der Waals surface area contributed by atoms with E-state index >= 15 is 0 Å². The molecule has 0 aromatic heterocycles. The van der Waals surface area contributed by atoms with Gasteiger partial charge in [0.05, 0.1) is 0 Å². The van der Waals surface area contributed by atoms with Gasteiger partial charge in [-0.05, 0) is 13.3 Å². The van der Waals surface area contributed by atoms with E-state index in [4.69, 9.17) is 5.73 Å². The van der Waals surface area contributed by atoms with Crippen LogP contribution >= 0.6 is 0 Å². The largest absolute Gasteiger partial charge is 0.368 e. The van der Waals surface area contributed by atoms with Crippen LogP contribution in [-0.4, -0.2) is 47.5 Å². The second-order valence-corrected chi connectivity index (χ2v) is 5.45. The highest BCUT2D eigenvalue weighted by Crippen LogP contribution is 2.21. The minimum Gasteiger partial charge on any atom is -0.368 e. The Hall–Kier alpha value is -1.92. The summed E-state index contributed by atoms with van der Waals surface area (Å²) in [6.07, 6.45) is 1.18. The molecular weight excluding hydrogens is 274 g/mol. The fraction of sp³-hybridized carbons (Fsp3) is 0.714. The predicted octanol–water partition coefficient (Wildman–Crippen LogP) is -0.416. The molecule has 0 aliphatic carbocycles. The van der Waals surface area contributed by atoms with Gasteiger partial charge in [0.2, 0.25) is 17.7 Å². The van der Waals surface area contributed by atoms with Crippen molar-refractivity contribution in [3.8, 4) is 0 Å². The van der Waals surface area contributed by atoms with E-state index in [9.17, 15) is 19.2 Å². The molecule has 1 fully saturated rings. The molecule has 2 unspecified atom stereocenters. The van der Waals surface area contributed by atoms with Crippen molar-refractivity contribution in [1.82, 2.24) is 10.2 Å². The molecule has 7 nitrogen and oxygen atoms in total. The van der Waals surface area contributed by atoms with Gasteiger partial charge in [-0.25, -0.2) is 0 Å². The van der Waals surface area contributed by atoms with Crippen LogP contribution in [0.15, 0.2) is 0 Å². The molecule has 2 atom stereocenters. The molecule has 1 rings (SSSR count). The topological polar surface area (TPSA) is 110 Å². The Morgan fingerprint density at radius 2 is 2.05 bits per heavy atom. The second kappa shape index (κ2) is 7.75. The molecule has 0 aromatic rings. The molecule has 0 radical (unpaired) electrons. The van der Waals surface area contributed by atoms with Gasteiger partial charge in [-0.1, -0.05) is 6.92 Å². The van der Waals surface area contributed by atoms with Crippen molar-refractivity contribution in [2.24, 2.45) is 11.7 Å². The van der Waals surface area contributed by atoms with Gasteiger partial charge in [0, 0.05) is 38.3 Å². The summed E-state index contributed by atoms with van der Waals surface area (Å²) in [6, 6.07) is -0.573. The molecule has 21 heavy (non-hydrogen) atoms. The van der Waals surface area contributed by atoms with Crippen molar-refractivity contribution >= 4 is 23.5 Å². The third-order valence-corrected chi connectivity index (χ3v) is 3.62. The zero-order valence-electron chi connectivity index (χ0n) is 12.6. The Kier molecular flexibility index (Phi) is 6.33. The number of carbonyl (C=O) groups is 4. The van der Waals surface area contributed by atoms with Crippen LogP contribution < -0.4 is 11.1 Å². The van der Waals surface area contributed by atoms with E-state index in [2.05, 4.69) is 5.32 Å². The standard InChI is InChI=1S/C14H23N3O4/c1-3-11(14(15)21)17-8-10(6-13(17)20)7-16-12(19)5-4-9(2)18/h10-11H,3-8H2,1-2H3,(H2,15,21)(H,16,19). The highest BCUT2D eigenvalue weighted by molar-refractivity contribution is 5.88. The first kappa shape index (κ1) is 17.1. The van der Waals surface area contributed by atoms with Crippen LogP contribution in [0.1, 0.15) is 39.5 Å². The van der Waals surface area contributed by atoms with E-state index in [1.54, 1.807) is 6.92 Å². The van der Waals surface area contributed by atoms with E-state index in [0.29, 0.717) is 25.9 Å². The number of Topliss-reactive ketones (excluding diaryl/α,β-unsaturated/α-hetero) is 1. The number of hydrogen-bond donors (Lipinski definition) is 2. The van der Waals surface area contributed by atoms with Crippen LogP contribution in [-0.2, 0) is 19.2 Å². The maximum atomic E-state index is 11.9. The first-order chi connectivity index (χ1) is 9.85. The van der Waals surface area contributed by atoms with E-state index in [-0.39, 0.29) is 36.4 Å². The van der Waals surface area contributed by atoms with Crippen LogP contribution in [0.25, 0.3) is 0 Å². The number of nitrogens with zero attached hydrogens (tertiary/aromatic N) is 1. The van der Waals surface area contributed by atoms with Gasteiger partial charge >= 0.3 is 0 Å². The summed E-state index contributed by atoms with van der Waals surface area (Å²) >= 11 is 0. The number of ketones is 1. The summed E-state index contributed by atoms with van der Waals surface area (Å²) in [6.45, 7) is 4.04. The lowest BCUT2D eigenvalue weighted by Gasteiger charge is -2.24. The van der Waals surface area contributed by atoms with Crippen molar-refractivity contribution in [3.63, 3.8) is 0 Å². The first-order valence-corrected chi connectivity index (χ1v) is 7.20. The smallest absolute Gasteiger partial charge is 0.240 e. The fourth-order valence-electron chi connectivity index (χ4n) is 2.46. The quantitative estimate of drug-likeness (QED) is 0.634. The summed E-state index contributed by atoms with van der Waals surface area (Å²) < 4.78 is 0. The normalized spacial score (nSPS) is 19.4. The molecule has 0 spiro atoms. The number of likely N-dealkylation sites (tertiary alicyclic amines) is 1. The van der Waals surface area contributed by atoms with E-state index in [1.807, 2.05) is 0 Å². The number of primary amides is 1. The van der Waals surface area contributed by atoms with Crippen molar-refractivity contribution in [1.29, 1.82) is 0 Å². The van der Waals surface area contributed by atoms with Crippen molar-refractivity contribution < 1.29 is 19.2 Å². The minimum absolute atomic E-state index is 0.0211. The lowest BCUT2D eigenvalue weighted by molar-refractivity contribution is -0.136. The van der Waals surface area contributed by atoms with Crippen LogP contribution in [0.2, 0.25) is 0 Å². The Bertz CT molecular complexity index is 436. The van der Waals surface area contributed by atoms with Crippen LogP contribution in [0, 0.1) is 5.92 Å². The van der Waals surface area contributed by atoms with Gasteiger partial charge in [-0.3, -0.25) is 14.4 Å². The molecule has 3 N–H and O–H groups in total. The first-order valence-electron chi connectivity index (χ1n) is 7.20. The average Bonchev–Trinajstić information content (AvgIpc) is 2.76. The molecule has 0 saturated carbocycles. The second-order valence-electron chi connectivity index (χ2n) is 5.45. The molecule has 1 aliphatic heterocycles. The van der Waals surface area contributed by atoms with E-state index in [1.165, 1.54) is 11.8 Å². The highest BCUT2D eigenvalue weighted by atomic mass is 16.2. The SMILES string of the molecule is CCC(C(N)=O)N1CC(CNC(=O)CCC(C)=O)CC1=O. The highest BCUT2D eigenvalue weighted by Gasteiger charge is 2.35.